The summed E-state index contributed by atoms with van der Waals surface area (Å²) in [6.45, 7) is 0. The van der Waals surface area contributed by atoms with Gasteiger partial charge in [-0.1, -0.05) is 60.7 Å². The summed E-state index contributed by atoms with van der Waals surface area (Å²) < 4.78 is 1.83. The number of aromatic nitrogens is 2. The molecule has 1 heterocycles. The number of carbonyl (C=O) groups excluding carboxylic acids is 2. The number of hydrogen-bond acceptors (Lipinski definition) is 3. The van der Waals surface area contributed by atoms with Crippen molar-refractivity contribution >= 4 is 17.5 Å². The third-order valence-corrected chi connectivity index (χ3v) is 4.89. The highest BCUT2D eigenvalue weighted by Gasteiger charge is 2.20. The molecule has 6 nitrogen and oxygen atoms in total. The van der Waals surface area contributed by atoms with E-state index in [0.29, 0.717) is 11.3 Å². The monoisotopic (exact) mass is 410 g/mol. The number of nitrogens with zero attached hydrogens (tertiary/aromatic N) is 2. The lowest BCUT2D eigenvalue weighted by molar-refractivity contribution is -0.116. The van der Waals surface area contributed by atoms with Crippen LogP contribution in [0.5, 0.6) is 0 Å². The fourth-order valence-electron chi connectivity index (χ4n) is 3.36. The van der Waals surface area contributed by atoms with Crippen molar-refractivity contribution < 1.29 is 9.59 Å². The Morgan fingerprint density at radius 1 is 0.871 bits per heavy atom. The van der Waals surface area contributed by atoms with E-state index in [-0.39, 0.29) is 18.2 Å². The standard InChI is InChI=1S/C25H22N4O2/c30-24(27-21-13-7-8-14-23(21)29-16-15-26-18-29)17-22(19-9-3-1-4-10-19)28-25(31)20-11-5-2-6-12-20/h1-16,18,22H,17H2,(H,27,30)(H,28,31). The minimum Gasteiger partial charge on any atom is -0.345 e. The minimum atomic E-state index is -0.464. The van der Waals surface area contributed by atoms with Crippen molar-refractivity contribution in [2.45, 2.75) is 12.5 Å². The Balaban J connectivity index is 1.52. The molecule has 4 rings (SSSR count). The summed E-state index contributed by atoms with van der Waals surface area (Å²) in [6.07, 6.45) is 5.28. The van der Waals surface area contributed by atoms with Crippen LogP contribution in [0.15, 0.2) is 104 Å². The third-order valence-electron chi connectivity index (χ3n) is 4.89. The Morgan fingerprint density at radius 3 is 2.26 bits per heavy atom. The number of amides is 2. The van der Waals surface area contributed by atoms with Gasteiger partial charge >= 0.3 is 0 Å². The molecule has 0 spiro atoms. The average molecular weight is 410 g/mol. The van der Waals surface area contributed by atoms with Crippen molar-refractivity contribution in [3.05, 3.63) is 115 Å². The van der Waals surface area contributed by atoms with Gasteiger partial charge in [0.1, 0.15) is 0 Å². The first kappa shape index (κ1) is 20.1. The molecule has 6 heteroatoms. The quantitative estimate of drug-likeness (QED) is 0.475. The maximum absolute atomic E-state index is 12.9. The van der Waals surface area contributed by atoms with Crippen LogP contribution in [-0.2, 0) is 4.79 Å². The Hall–Kier alpha value is -4.19. The fourth-order valence-corrected chi connectivity index (χ4v) is 3.36. The number of rotatable bonds is 7. The molecule has 1 aromatic heterocycles. The molecule has 0 aliphatic carbocycles. The largest absolute Gasteiger partial charge is 0.345 e. The van der Waals surface area contributed by atoms with Crippen LogP contribution in [0.4, 0.5) is 5.69 Å². The second-order valence-electron chi connectivity index (χ2n) is 7.04. The molecule has 4 aromatic rings. The van der Waals surface area contributed by atoms with Gasteiger partial charge in [-0.25, -0.2) is 4.98 Å². The zero-order valence-electron chi connectivity index (χ0n) is 16.8. The van der Waals surface area contributed by atoms with Gasteiger partial charge in [0.2, 0.25) is 5.91 Å². The molecule has 2 N–H and O–H groups in total. The lowest BCUT2D eigenvalue weighted by atomic mass is 10.0. The van der Waals surface area contributed by atoms with Crippen LogP contribution >= 0.6 is 0 Å². The summed E-state index contributed by atoms with van der Waals surface area (Å²) in [4.78, 5) is 29.7. The van der Waals surface area contributed by atoms with Crippen LogP contribution in [0.2, 0.25) is 0 Å². The molecule has 0 saturated carbocycles. The molecule has 0 bridgehead atoms. The Kier molecular flexibility index (Phi) is 6.18. The van der Waals surface area contributed by atoms with Crippen molar-refractivity contribution in [3.63, 3.8) is 0 Å². The van der Waals surface area contributed by atoms with E-state index in [9.17, 15) is 9.59 Å². The second kappa shape index (κ2) is 9.54. The SMILES string of the molecule is O=C(CC(NC(=O)c1ccccc1)c1ccccc1)Nc1ccccc1-n1ccnc1. The Labute approximate surface area is 180 Å². The highest BCUT2D eigenvalue weighted by atomic mass is 16.2. The fraction of sp³-hybridized carbons (Fsp3) is 0.0800. The predicted molar refractivity (Wildman–Crippen MR) is 120 cm³/mol. The van der Waals surface area contributed by atoms with Crippen LogP contribution < -0.4 is 10.6 Å². The number of imidazole rings is 1. The maximum Gasteiger partial charge on any atom is 0.251 e. The van der Waals surface area contributed by atoms with E-state index in [1.165, 1.54) is 0 Å². The van der Waals surface area contributed by atoms with Crippen molar-refractivity contribution in [3.8, 4) is 5.69 Å². The van der Waals surface area contributed by atoms with E-state index in [2.05, 4.69) is 15.6 Å². The van der Waals surface area contributed by atoms with Crippen molar-refractivity contribution in [2.75, 3.05) is 5.32 Å². The van der Waals surface area contributed by atoms with Crippen LogP contribution in [0, 0.1) is 0 Å². The van der Waals surface area contributed by atoms with Crippen LogP contribution in [0.3, 0.4) is 0 Å². The highest BCUT2D eigenvalue weighted by molar-refractivity contribution is 5.96. The zero-order valence-corrected chi connectivity index (χ0v) is 16.8. The molecule has 0 saturated heterocycles. The van der Waals surface area contributed by atoms with E-state index in [0.717, 1.165) is 11.3 Å². The number of anilines is 1. The molecule has 154 valence electrons. The average Bonchev–Trinajstić information content (AvgIpc) is 3.35. The smallest absolute Gasteiger partial charge is 0.251 e. The topological polar surface area (TPSA) is 76.0 Å². The van der Waals surface area contributed by atoms with Crippen molar-refractivity contribution in [1.29, 1.82) is 0 Å². The molecule has 0 aliphatic rings. The predicted octanol–water partition coefficient (Wildman–Crippen LogP) is 4.37. The number of para-hydroxylation sites is 2. The van der Waals surface area contributed by atoms with Crippen molar-refractivity contribution in [2.24, 2.45) is 0 Å². The molecule has 0 radical (unpaired) electrons. The first-order chi connectivity index (χ1) is 15.2. The molecule has 1 atom stereocenters. The summed E-state index contributed by atoms with van der Waals surface area (Å²) in [7, 11) is 0. The van der Waals surface area contributed by atoms with Crippen molar-refractivity contribution in [1.82, 2.24) is 14.9 Å². The van der Waals surface area contributed by atoms with Crippen LogP contribution in [-0.4, -0.2) is 21.4 Å². The zero-order chi connectivity index (χ0) is 21.5. The van der Waals surface area contributed by atoms with E-state index >= 15 is 0 Å². The first-order valence-corrected chi connectivity index (χ1v) is 9.99. The summed E-state index contributed by atoms with van der Waals surface area (Å²) in [5.74, 6) is -0.421. The second-order valence-corrected chi connectivity index (χ2v) is 7.04. The molecular weight excluding hydrogens is 388 g/mol. The lowest BCUT2D eigenvalue weighted by Crippen LogP contribution is -2.31. The van der Waals surface area contributed by atoms with E-state index in [1.807, 2.05) is 83.6 Å². The Bertz CT molecular complexity index is 1140. The molecule has 1 unspecified atom stereocenters. The molecule has 0 fully saturated rings. The lowest BCUT2D eigenvalue weighted by Gasteiger charge is -2.20. The summed E-state index contributed by atoms with van der Waals surface area (Å²) in [6, 6.07) is 25.5. The molecule has 0 aliphatic heterocycles. The van der Waals surface area contributed by atoms with Gasteiger partial charge in [0, 0.05) is 18.0 Å². The summed E-state index contributed by atoms with van der Waals surface area (Å²) in [5, 5.41) is 5.97. The molecule has 3 aromatic carbocycles. The number of hydrogen-bond donors (Lipinski definition) is 2. The van der Waals surface area contributed by atoms with Crippen LogP contribution in [0.1, 0.15) is 28.4 Å². The minimum absolute atomic E-state index is 0.0981. The van der Waals surface area contributed by atoms with Gasteiger partial charge in [0.15, 0.2) is 0 Å². The van der Waals surface area contributed by atoms with Crippen LogP contribution in [0.25, 0.3) is 5.69 Å². The van der Waals surface area contributed by atoms with E-state index < -0.39 is 6.04 Å². The Morgan fingerprint density at radius 2 is 1.55 bits per heavy atom. The highest BCUT2D eigenvalue weighted by Crippen LogP contribution is 2.22. The van der Waals surface area contributed by atoms with E-state index in [4.69, 9.17) is 0 Å². The normalized spacial score (nSPS) is 11.5. The number of benzene rings is 3. The van der Waals surface area contributed by atoms with Gasteiger partial charge in [-0.05, 0) is 29.8 Å². The summed E-state index contributed by atoms with van der Waals surface area (Å²) in [5.41, 5.74) is 2.91. The number of carbonyl (C=O) groups is 2. The third kappa shape index (κ3) is 5.05. The van der Waals surface area contributed by atoms with Gasteiger partial charge in [0.25, 0.3) is 5.91 Å². The molecule has 31 heavy (non-hydrogen) atoms. The van der Waals surface area contributed by atoms with Gasteiger partial charge in [0.05, 0.1) is 30.2 Å². The van der Waals surface area contributed by atoms with Gasteiger partial charge in [-0.3, -0.25) is 9.59 Å². The van der Waals surface area contributed by atoms with Gasteiger partial charge in [-0.2, -0.15) is 0 Å². The van der Waals surface area contributed by atoms with Gasteiger partial charge in [-0.15, -0.1) is 0 Å². The summed E-state index contributed by atoms with van der Waals surface area (Å²) >= 11 is 0. The maximum atomic E-state index is 12.9. The molecular formula is C25H22N4O2. The molecule has 2 amide bonds. The van der Waals surface area contributed by atoms with E-state index in [1.54, 1.807) is 24.7 Å². The first-order valence-electron chi connectivity index (χ1n) is 9.99. The number of nitrogens with one attached hydrogen (secondary N) is 2. The van der Waals surface area contributed by atoms with Gasteiger partial charge < -0.3 is 15.2 Å².